The van der Waals surface area contributed by atoms with Gasteiger partial charge in [-0.3, -0.25) is 14.4 Å². The summed E-state index contributed by atoms with van der Waals surface area (Å²) < 4.78 is 40.5. The van der Waals surface area contributed by atoms with E-state index in [0.717, 1.165) is 37.0 Å². The van der Waals surface area contributed by atoms with E-state index < -0.39 is 11.9 Å². The van der Waals surface area contributed by atoms with Gasteiger partial charge in [-0.1, -0.05) is 6.92 Å². The van der Waals surface area contributed by atoms with E-state index >= 15 is 0 Å². The smallest absolute Gasteiger partial charge is 0.357 e. The van der Waals surface area contributed by atoms with Gasteiger partial charge in [0.2, 0.25) is 5.91 Å². The number of hydrogen-bond donors (Lipinski definition) is 3. The molecular weight excluding hydrogens is 399 g/mol. The highest BCUT2D eigenvalue weighted by molar-refractivity contribution is 5.80. The van der Waals surface area contributed by atoms with Crippen LogP contribution in [0.4, 0.5) is 13.2 Å². The molecule has 1 saturated heterocycles. The van der Waals surface area contributed by atoms with Crippen LogP contribution in [0.25, 0.3) is 0 Å². The Morgan fingerprint density at radius 2 is 1.97 bits per heavy atom. The summed E-state index contributed by atoms with van der Waals surface area (Å²) in [6.45, 7) is 7.03. The van der Waals surface area contributed by atoms with Gasteiger partial charge < -0.3 is 16.0 Å². The topological polar surface area (TPSA) is 86.6 Å². The average molecular weight is 432 g/mol. The first-order valence-corrected chi connectivity index (χ1v) is 10.4. The van der Waals surface area contributed by atoms with Crippen molar-refractivity contribution in [2.45, 2.75) is 51.9 Å². The molecule has 0 unspecified atom stereocenters. The van der Waals surface area contributed by atoms with Crippen molar-refractivity contribution in [3.05, 3.63) is 17.5 Å². The molecule has 1 fully saturated rings. The zero-order valence-corrected chi connectivity index (χ0v) is 17.8. The van der Waals surface area contributed by atoms with Crippen LogP contribution in [0.3, 0.4) is 0 Å². The summed E-state index contributed by atoms with van der Waals surface area (Å²) in [5.74, 6) is 0.517. The van der Waals surface area contributed by atoms with Crippen molar-refractivity contribution in [1.29, 1.82) is 0 Å². The van der Waals surface area contributed by atoms with Gasteiger partial charge in [0.15, 0.2) is 11.7 Å². The number of nitrogens with one attached hydrogen (secondary N) is 3. The Bertz CT molecular complexity index is 709. The number of amides is 1. The van der Waals surface area contributed by atoms with Crippen molar-refractivity contribution in [1.82, 2.24) is 30.6 Å². The van der Waals surface area contributed by atoms with E-state index in [1.54, 1.807) is 0 Å². The van der Waals surface area contributed by atoms with Crippen molar-refractivity contribution >= 4 is 11.9 Å². The molecule has 2 heterocycles. The van der Waals surface area contributed by atoms with Crippen LogP contribution in [0.5, 0.6) is 0 Å². The van der Waals surface area contributed by atoms with Crippen LogP contribution >= 0.6 is 0 Å². The summed E-state index contributed by atoms with van der Waals surface area (Å²) in [6, 6.07) is 0.147. The molecule has 1 aliphatic heterocycles. The lowest BCUT2D eigenvalue weighted by Crippen LogP contribution is -2.50. The molecule has 1 amide bonds. The molecule has 1 aromatic heterocycles. The minimum Gasteiger partial charge on any atom is -0.357 e. The maximum atomic E-state index is 13.1. The number of guanidine groups is 1. The second-order valence-corrected chi connectivity index (χ2v) is 7.41. The maximum absolute atomic E-state index is 13.1. The number of aromatic nitrogens is 2. The highest BCUT2D eigenvalue weighted by Crippen LogP contribution is 2.30. The minimum atomic E-state index is -4.51. The number of alkyl halides is 3. The van der Waals surface area contributed by atoms with E-state index in [4.69, 9.17) is 0 Å². The molecule has 0 spiro atoms. The molecule has 3 N–H and O–H groups in total. The van der Waals surface area contributed by atoms with Crippen LogP contribution in [0.2, 0.25) is 0 Å². The standard InChI is InChI=1S/C19H32F3N7O/c1-4-8-24-16(30)13-29-9-6-15(7-10-29)26-18(23-5-2)25-11-14-12-28(3)27-17(14)19(20,21)22/h12,15H,4-11,13H2,1-3H3,(H,24,30)(H2,23,25,26). The van der Waals surface area contributed by atoms with Gasteiger partial charge in [-0.25, -0.2) is 4.99 Å². The van der Waals surface area contributed by atoms with Crippen LogP contribution in [-0.2, 0) is 24.6 Å². The van der Waals surface area contributed by atoms with E-state index in [9.17, 15) is 18.0 Å². The minimum absolute atomic E-state index is 0.0371. The van der Waals surface area contributed by atoms with Crippen molar-refractivity contribution in [2.75, 3.05) is 32.7 Å². The van der Waals surface area contributed by atoms with Gasteiger partial charge in [0.05, 0.1) is 13.1 Å². The zero-order valence-electron chi connectivity index (χ0n) is 17.8. The molecule has 1 aromatic rings. The lowest BCUT2D eigenvalue weighted by Gasteiger charge is -2.32. The maximum Gasteiger partial charge on any atom is 0.435 e. The summed E-state index contributed by atoms with van der Waals surface area (Å²) in [5.41, 5.74) is -0.866. The first-order valence-electron chi connectivity index (χ1n) is 10.4. The number of aryl methyl sites for hydroxylation is 1. The van der Waals surface area contributed by atoms with Gasteiger partial charge in [-0.05, 0) is 26.2 Å². The van der Waals surface area contributed by atoms with Crippen molar-refractivity contribution in [3.8, 4) is 0 Å². The third-order valence-corrected chi connectivity index (χ3v) is 4.79. The lowest BCUT2D eigenvalue weighted by atomic mass is 10.1. The van der Waals surface area contributed by atoms with E-state index in [2.05, 4.69) is 30.9 Å². The fourth-order valence-corrected chi connectivity index (χ4v) is 3.33. The van der Waals surface area contributed by atoms with Gasteiger partial charge in [-0.15, -0.1) is 0 Å². The lowest BCUT2D eigenvalue weighted by molar-refractivity contribution is -0.142. The number of aliphatic imine (C=N–C) groups is 1. The second kappa shape index (κ2) is 11.2. The van der Waals surface area contributed by atoms with Crippen molar-refractivity contribution in [3.63, 3.8) is 0 Å². The van der Waals surface area contributed by atoms with Gasteiger partial charge in [-0.2, -0.15) is 18.3 Å². The van der Waals surface area contributed by atoms with Gasteiger partial charge in [0.1, 0.15) is 0 Å². The third-order valence-electron chi connectivity index (χ3n) is 4.79. The Kier molecular flexibility index (Phi) is 8.94. The fourth-order valence-electron chi connectivity index (χ4n) is 3.33. The Balaban J connectivity index is 1.90. The average Bonchev–Trinajstić information content (AvgIpc) is 3.07. The van der Waals surface area contributed by atoms with E-state index in [1.807, 2.05) is 13.8 Å². The van der Waals surface area contributed by atoms with Crippen molar-refractivity contribution in [2.24, 2.45) is 12.0 Å². The monoisotopic (exact) mass is 431 g/mol. The molecule has 0 atom stereocenters. The van der Waals surface area contributed by atoms with Gasteiger partial charge in [0.25, 0.3) is 0 Å². The number of carbonyl (C=O) groups is 1. The summed E-state index contributed by atoms with van der Waals surface area (Å²) in [7, 11) is 1.46. The molecule has 0 radical (unpaired) electrons. The Hall–Kier alpha value is -2.30. The molecule has 8 nitrogen and oxygen atoms in total. The van der Waals surface area contributed by atoms with Gasteiger partial charge >= 0.3 is 6.18 Å². The number of halogens is 3. The molecule has 2 rings (SSSR count). The largest absolute Gasteiger partial charge is 0.435 e. The van der Waals surface area contributed by atoms with Crippen LogP contribution < -0.4 is 16.0 Å². The Morgan fingerprint density at radius 3 is 2.57 bits per heavy atom. The van der Waals surface area contributed by atoms with Crippen molar-refractivity contribution < 1.29 is 18.0 Å². The molecule has 0 aromatic carbocycles. The van der Waals surface area contributed by atoms with E-state index in [0.29, 0.717) is 25.6 Å². The third kappa shape index (κ3) is 7.51. The molecule has 0 aliphatic carbocycles. The second-order valence-electron chi connectivity index (χ2n) is 7.41. The van der Waals surface area contributed by atoms with Crippen LogP contribution in [0, 0.1) is 0 Å². The molecule has 1 aliphatic rings. The van der Waals surface area contributed by atoms with Crippen LogP contribution in [0.1, 0.15) is 44.4 Å². The summed E-state index contributed by atoms with van der Waals surface area (Å²) in [4.78, 5) is 18.3. The first-order chi connectivity index (χ1) is 14.2. The summed E-state index contributed by atoms with van der Waals surface area (Å²) in [5, 5.41) is 12.8. The SMILES string of the molecule is CCCNC(=O)CN1CCC(NC(=NCc2cn(C)nc2C(F)(F)F)NCC)CC1. The molecule has 11 heteroatoms. The summed E-state index contributed by atoms with van der Waals surface area (Å²) >= 11 is 0. The number of hydrogen-bond acceptors (Lipinski definition) is 4. The predicted molar refractivity (Wildman–Crippen MR) is 109 cm³/mol. The predicted octanol–water partition coefficient (Wildman–Crippen LogP) is 1.48. The van der Waals surface area contributed by atoms with Crippen LogP contribution in [-0.4, -0.2) is 65.3 Å². The fraction of sp³-hybridized carbons (Fsp3) is 0.737. The molecule has 170 valence electrons. The van der Waals surface area contributed by atoms with Gasteiger partial charge in [0, 0.05) is 51.0 Å². The summed E-state index contributed by atoms with van der Waals surface area (Å²) in [6.07, 6.45) is -0.599. The number of carbonyl (C=O) groups excluding carboxylic acids is 1. The number of nitrogens with zero attached hydrogens (tertiary/aromatic N) is 4. The molecular formula is C19H32F3N7O. The molecule has 30 heavy (non-hydrogen) atoms. The van der Waals surface area contributed by atoms with E-state index in [1.165, 1.54) is 13.2 Å². The normalized spacial score (nSPS) is 16.5. The highest BCUT2D eigenvalue weighted by atomic mass is 19.4. The Morgan fingerprint density at radius 1 is 1.27 bits per heavy atom. The number of rotatable bonds is 8. The molecule has 0 bridgehead atoms. The highest BCUT2D eigenvalue weighted by Gasteiger charge is 2.36. The molecule has 0 saturated carbocycles. The number of likely N-dealkylation sites (tertiary alicyclic amines) is 1. The van der Waals surface area contributed by atoms with Crippen LogP contribution in [0.15, 0.2) is 11.2 Å². The Labute approximate surface area is 175 Å². The first kappa shape index (κ1) is 24.0. The zero-order chi connectivity index (χ0) is 22.1. The number of piperidine rings is 1. The van der Waals surface area contributed by atoms with E-state index in [-0.39, 0.29) is 24.1 Å². The quantitative estimate of drug-likeness (QED) is 0.429.